The van der Waals surface area contributed by atoms with E-state index in [1.165, 1.54) is 37.3 Å². The highest BCUT2D eigenvalue weighted by atomic mass is 19.1. The van der Waals surface area contributed by atoms with Crippen LogP contribution < -0.4 is 9.64 Å². The second-order valence-electron chi connectivity index (χ2n) is 7.39. The highest BCUT2D eigenvalue weighted by Gasteiger charge is 2.34. The van der Waals surface area contributed by atoms with Crippen LogP contribution in [0.4, 0.5) is 10.1 Å². The first kappa shape index (κ1) is 22.0. The molecule has 0 aromatic heterocycles. The van der Waals surface area contributed by atoms with Crippen molar-refractivity contribution in [1.29, 1.82) is 0 Å². The van der Waals surface area contributed by atoms with Crippen LogP contribution in [-0.2, 0) is 23.8 Å². The van der Waals surface area contributed by atoms with Gasteiger partial charge in [-0.15, -0.1) is 0 Å². The smallest absolute Gasteiger partial charge is 0.355 e. The maximum Gasteiger partial charge on any atom is 0.355 e. The Labute approximate surface area is 175 Å². The van der Waals surface area contributed by atoms with Crippen LogP contribution >= 0.6 is 0 Å². The zero-order valence-electron chi connectivity index (χ0n) is 17.5. The molecular weight excluding hydrogens is 395 g/mol. The zero-order chi connectivity index (χ0) is 21.7. The molecule has 2 aliphatic heterocycles. The first-order chi connectivity index (χ1) is 14.4. The predicted octanol–water partition coefficient (Wildman–Crippen LogP) is 1.94. The van der Waals surface area contributed by atoms with Crippen LogP contribution in [0.25, 0.3) is 0 Å². The number of hydrogen-bond acceptors (Lipinski definition) is 8. The third kappa shape index (κ3) is 4.91. The predicted molar refractivity (Wildman–Crippen MR) is 106 cm³/mol. The van der Waals surface area contributed by atoms with Crippen LogP contribution in [0.15, 0.2) is 29.5 Å². The SMILES string of the molecule is COC(=O)C1=C(C(=O)OC)N(c2cc(F)ccc2OCC2CCN(C)CC2)COC1. The van der Waals surface area contributed by atoms with Gasteiger partial charge in [-0.05, 0) is 51.0 Å². The Morgan fingerprint density at radius 3 is 2.53 bits per heavy atom. The van der Waals surface area contributed by atoms with E-state index in [1.54, 1.807) is 0 Å². The van der Waals surface area contributed by atoms with Crippen LogP contribution in [0.2, 0.25) is 0 Å². The summed E-state index contributed by atoms with van der Waals surface area (Å²) in [6, 6.07) is 4.05. The Balaban J connectivity index is 1.91. The summed E-state index contributed by atoms with van der Waals surface area (Å²) in [5, 5.41) is 0. The molecule has 0 radical (unpaired) electrons. The lowest BCUT2D eigenvalue weighted by molar-refractivity contribution is -0.140. The number of ether oxygens (including phenoxy) is 4. The number of piperidine rings is 1. The van der Waals surface area contributed by atoms with Gasteiger partial charge >= 0.3 is 11.9 Å². The molecule has 2 aliphatic rings. The summed E-state index contributed by atoms with van der Waals surface area (Å²) >= 11 is 0. The van der Waals surface area contributed by atoms with Gasteiger partial charge in [-0.3, -0.25) is 0 Å². The molecule has 0 amide bonds. The fourth-order valence-electron chi connectivity index (χ4n) is 3.59. The second-order valence-corrected chi connectivity index (χ2v) is 7.39. The van der Waals surface area contributed by atoms with Crippen LogP contribution in [0.5, 0.6) is 5.75 Å². The van der Waals surface area contributed by atoms with E-state index in [1.807, 2.05) is 0 Å². The lowest BCUT2D eigenvalue weighted by atomic mass is 9.98. The minimum Gasteiger partial charge on any atom is -0.491 e. The summed E-state index contributed by atoms with van der Waals surface area (Å²) < 4.78 is 35.3. The Morgan fingerprint density at radius 1 is 1.17 bits per heavy atom. The van der Waals surface area contributed by atoms with Crippen molar-refractivity contribution >= 4 is 17.6 Å². The number of hydrogen-bond donors (Lipinski definition) is 0. The van der Waals surface area contributed by atoms with Gasteiger partial charge in [0.1, 0.15) is 24.0 Å². The Morgan fingerprint density at radius 2 is 1.87 bits per heavy atom. The van der Waals surface area contributed by atoms with Crippen molar-refractivity contribution in [3.8, 4) is 5.75 Å². The molecule has 1 aromatic carbocycles. The normalized spacial score (nSPS) is 18.3. The van der Waals surface area contributed by atoms with Crippen LogP contribution in [-0.4, -0.2) is 71.1 Å². The van der Waals surface area contributed by atoms with E-state index in [0.29, 0.717) is 18.3 Å². The summed E-state index contributed by atoms with van der Waals surface area (Å²) in [6.45, 7) is 2.29. The van der Waals surface area contributed by atoms with Gasteiger partial charge in [0.15, 0.2) is 0 Å². The number of benzene rings is 1. The first-order valence-electron chi connectivity index (χ1n) is 9.80. The Kier molecular flexibility index (Phi) is 7.28. The fourth-order valence-corrected chi connectivity index (χ4v) is 3.59. The van der Waals surface area contributed by atoms with E-state index < -0.39 is 17.8 Å². The van der Waals surface area contributed by atoms with Crippen molar-refractivity contribution in [2.75, 3.05) is 59.2 Å². The molecule has 8 nitrogen and oxygen atoms in total. The van der Waals surface area contributed by atoms with Gasteiger partial charge in [0.25, 0.3) is 0 Å². The molecule has 1 fully saturated rings. The van der Waals surface area contributed by atoms with Gasteiger partial charge in [0, 0.05) is 6.07 Å². The van der Waals surface area contributed by atoms with Crippen LogP contribution in [0.3, 0.4) is 0 Å². The molecule has 0 aliphatic carbocycles. The van der Waals surface area contributed by atoms with E-state index in [4.69, 9.17) is 18.9 Å². The Hall–Kier alpha value is -2.65. The number of nitrogens with zero attached hydrogens (tertiary/aromatic N) is 2. The first-order valence-corrected chi connectivity index (χ1v) is 9.80. The number of halogens is 1. The van der Waals surface area contributed by atoms with E-state index in [9.17, 15) is 14.0 Å². The number of rotatable bonds is 6. The fraction of sp³-hybridized carbons (Fsp3) is 0.524. The van der Waals surface area contributed by atoms with Crippen LogP contribution in [0, 0.1) is 11.7 Å². The van der Waals surface area contributed by atoms with E-state index in [2.05, 4.69) is 11.9 Å². The van der Waals surface area contributed by atoms with Crippen LogP contribution in [0.1, 0.15) is 12.8 Å². The molecule has 0 N–H and O–H groups in total. The van der Waals surface area contributed by atoms with Gasteiger partial charge < -0.3 is 28.7 Å². The lowest BCUT2D eigenvalue weighted by Crippen LogP contribution is -2.39. The molecule has 0 saturated carbocycles. The van der Waals surface area contributed by atoms with Gasteiger partial charge in [-0.1, -0.05) is 0 Å². The summed E-state index contributed by atoms with van der Waals surface area (Å²) in [5.41, 5.74) is 0.232. The van der Waals surface area contributed by atoms with Crippen molar-refractivity contribution in [2.45, 2.75) is 12.8 Å². The summed E-state index contributed by atoms with van der Waals surface area (Å²) in [4.78, 5) is 28.3. The third-order valence-corrected chi connectivity index (χ3v) is 5.36. The molecule has 164 valence electrons. The third-order valence-electron chi connectivity index (χ3n) is 5.36. The summed E-state index contributed by atoms with van der Waals surface area (Å²) in [7, 11) is 4.51. The van der Waals surface area contributed by atoms with E-state index in [-0.39, 0.29) is 30.3 Å². The van der Waals surface area contributed by atoms with Crippen molar-refractivity contribution in [1.82, 2.24) is 4.90 Å². The van der Waals surface area contributed by atoms with Gasteiger partial charge in [0.2, 0.25) is 0 Å². The minimum atomic E-state index is -0.746. The summed E-state index contributed by atoms with van der Waals surface area (Å²) in [6.07, 6.45) is 2.03. The lowest BCUT2D eigenvalue weighted by Gasteiger charge is -2.33. The van der Waals surface area contributed by atoms with Crippen molar-refractivity contribution in [2.24, 2.45) is 5.92 Å². The van der Waals surface area contributed by atoms with E-state index in [0.717, 1.165) is 25.9 Å². The second kappa shape index (κ2) is 9.90. The Bertz CT molecular complexity index is 820. The monoisotopic (exact) mass is 422 g/mol. The number of carbonyl (C=O) groups is 2. The number of methoxy groups -OCH3 is 2. The molecule has 1 saturated heterocycles. The maximum absolute atomic E-state index is 14.1. The number of esters is 2. The van der Waals surface area contributed by atoms with Crippen molar-refractivity contribution in [3.63, 3.8) is 0 Å². The maximum atomic E-state index is 14.1. The molecule has 0 spiro atoms. The molecular formula is C21H27FN2O6. The molecule has 0 bridgehead atoms. The topological polar surface area (TPSA) is 77.5 Å². The van der Waals surface area contributed by atoms with Gasteiger partial charge in [-0.25, -0.2) is 14.0 Å². The molecule has 0 atom stereocenters. The zero-order valence-corrected chi connectivity index (χ0v) is 17.5. The quantitative estimate of drug-likeness (QED) is 0.644. The minimum absolute atomic E-state index is 0.00105. The highest BCUT2D eigenvalue weighted by molar-refractivity contribution is 6.03. The van der Waals surface area contributed by atoms with Gasteiger partial charge in [-0.2, -0.15) is 0 Å². The van der Waals surface area contributed by atoms with Crippen molar-refractivity contribution < 1.29 is 32.9 Å². The molecule has 2 heterocycles. The molecule has 9 heteroatoms. The van der Waals surface area contributed by atoms with Gasteiger partial charge in [0.05, 0.1) is 38.7 Å². The molecule has 1 aromatic rings. The highest BCUT2D eigenvalue weighted by Crippen LogP contribution is 2.35. The molecule has 30 heavy (non-hydrogen) atoms. The summed E-state index contributed by atoms with van der Waals surface area (Å²) in [5.74, 6) is -1.19. The average Bonchev–Trinajstić information content (AvgIpc) is 2.77. The molecule has 3 rings (SSSR count). The standard InChI is InChI=1S/C21H27FN2O6/c1-23-8-6-14(7-9-23)11-30-18-5-4-15(22)10-17(18)24-13-29-12-16(20(25)27-2)19(24)21(26)28-3/h4-5,10,14H,6-9,11-13H2,1-3H3. The number of carbonyl (C=O) groups excluding carboxylic acids is 2. The number of anilines is 1. The average molecular weight is 422 g/mol. The number of likely N-dealkylation sites (tertiary alicyclic amines) is 1. The molecule has 0 unspecified atom stereocenters. The van der Waals surface area contributed by atoms with Crippen molar-refractivity contribution in [3.05, 3.63) is 35.3 Å². The largest absolute Gasteiger partial charge is 0.491 e. The van der Waals surface area contributed by atoms with E-state index >= 15 is 0 Å².